The van der Waals surface area contributed by atoms with Gasteiger partial charge in [0, 0.05) is 29.6 Å². The largest absolute Gasteiger partial charge is 0.469 e. The number of carbonyl (C=O) groups excluding carboxylic acids is 2. The smallest absolute Gasteiger partial charge is 0.310 e. The zero-order chi connectivity index (χ0) is 16.9. The highest BCUT2D eigenvalue weighted by atomic mass is 16.5. The van der Waals surface area contributed by atoms with Crippen LogP contribution >= 0.6 is 0 Å². The molecular weight excluding hydrogens is 304 g/mol. The predicted octanol–water partition coefficient (Wildman–Crippen LogP) is 2.95. The molecule has 0 saturated heterocycles. The van der Waals surface area contributed by atoms with Gasteiger partial charge >= 0.3 is 5.97 Å². The minimum absolute atomic E-state index is 0.00100. The Bertz CT molecular complexity index is 722. The number of nitrogens with one attached hydrogen (secondary N) is 2. The van der Waals surface area contributed by atoms with Gasteiger partial charge < -0.3 is 15.0 Å². The second kappa shape index (κ2) is 7.51. The van der Waals surface area contributed by atoms with Crippen LogP contribution in [0.2, 0.25) is 0 Å². The van der Waals surface area contributed by atoms with Crippen molar-refractivity contribution >= 4 is 22.8 Å². The number of hydrogen-bond donors (Lipinski definition) is 2. The summed E-state index contributed by atoms with van der Waals surface area (Å²) in [5, 5.41) is 4.21. The first kappa shape index (κ1) is 16.6. The van der Waals surface area contributed by atoms with E-state index < -0.39 is 0 Å². The van der Waals surface area contributed by atoms with Gasteiger partial charge in [0.2, 0.25) is 5.91 Å². The monoisotopic (exact) mass is 328 g/mol. The van der Waals surface area contributed by atoms with Crippen LogP contribution in [0, 0.1) is 5.92 Å². The lowest BCUT2D eigenvalue weighted by Gasteiger charge is -2.30. The number of amides is 1. The van der Waals surface area contributed by atoms with Crippen molar-refractivity contribution in [1.29, 1.82) is 0 Å². The number of carbonyl (C=O) groups is 2. The molecule has 2 atom stereocenters. The lowest BCUT2D eigenvalue weighted by atomic mass is 9.84. The van der Waals surface area contributed by atoms with Crippen LogP contribution in [0.3, 0.4) is 0 Å². The maximum absolute atomic E-state index is 12.3. The van der Waals surface area contributed by atoms with E-state index in [0.717, 1.165) is 42.1 Å². The Labute approximate surface area is 141 Å². The van der Waals surface area contributed by atoms with E-state index in [4.69, 9.17) is 4.74 Å². The quantitative estimate of drug-likeness (QED) is 0.829. The summed E-state index contributed by atoms with van der Waals surface area (Å²) in [6.07, 6.45) is 6.77. The van der Waals surface area contributed by atoms with Gasteiger partial charge in [-0.25, -0.2) is 0 Å². The third kappa shape index (κ3) is 3.61. The number of H-pyrrole nitrogens is 1. The molecule has 1 heterocycles. The molecule has 2 aromatic rings. The molecule has 0 bridgehead atoms. The Morgan fingerprint density at radius 2 is 2.04 bits per heavy atom. The van der Waals surface area contributed by atoms with E-state index in [2.05, 4.69) is 16.4 Å². The number of aryl methyl sites for hydroxylation is 1. The molecule has 5 heteroatoms. The minimum atomic E-state index is -0.211. The Morgan fingerprint density at radius 1 is 1.25 bits per heavy atom. The molecule has 1 saturated carbocycles. The molecule has 128 valence electrons. The number of aromatic nitrogens is 1. The summed E-state index contributed by atoms with van der Waals surface area (Å²) < 4.78 is 4.87. The first-order chi connectivity index (χ1) is 11.7. The Morgan fingerprint density at radius 3 is 2.88 bits per heavy atom. The minimum Gasteiger partial charge on any atom is -0.469 e. The molecule has 1 aliphatic rings. The van der Waals surface area contributed by atoms with Crippen LogP contribution in [-0.2, 0) is 20.7 Å². The topological polar surface area (TPSA) is 71.2 Å². The van der Waals surface area contributed by atoms with Gasteiger partial charge in [-0.3, -0.25) is 9.59 Å². The van der Waals surface area contributed by atoms with E-state index in [1.165, 1.54) is 7.11 Å². The average Bonchev–Trinajstić information content (AvgIpc) is 3.03. The number of aromatic amines is 1. The van der Waals surface area contributed by atoms with Crippen molar-refractivity contribution in [3.8, 4) is 0 Å². The fourth-order valence-electron chi connectivity index (χ4n) is 3.60. The molecule has 0 spiro atoms. The lowest BCUT2D eigenvalue weighted by molar-refractivity contribution is -0.147. The summed E-state index contributed by atoms with van der Waals surface area (Å²) in [5.74, 6) is -0.418. The van der Waals surface area contributed by atoms with E-state index in [0.29, 0.717) is 12.8 Å². The number of benzene rings is 1. The van der Waals surface area contributed by atoms with E-state index in [9.17, 15) is 9.59 Å². The first-order valence-electron chi connectivity index (χ1n) is 8.61. The number of ether oxygens (including phenoxy) is 1. The van der Waals surface area contributed by atoms with Gasteiger partial charge in [-0.2, -0.15) is 0 Å². The second-order valence-electron chi connectivity index (χ2n) is 6.45. The lowest BCUT2D eigenvalue weighted by Crippen LogP contribution is -2.45. The van der Waals surface area contributed by atoms with Crippen LogP contribution in [0.25, 0.3) is 10.9 Å². The van der Waals surface area contributed by atoms with Gasteiger partial charge in [0.25, 0.3) is 0 Å². The van der Waals surface area contributed by atoms with Gasteiger partial charge in [-0.15, -0.1) is 0 Å². The SMILES string of the molecule is COC(=O)[C@H]1CCCC[C@H]1NC(=O)CCc1c[nH]c2ccccc12. The highest BCUT2D eigenvalue weighted by molar-refractivity contribution is 5.84. The molecule has 3 rings (SSSR count). The average molecular weight is 328 g/mol. The van der Waals surface area contributed by atoms with Gasteiger partial charge in [0.1, 0.15) is 0 Å². The van der Waals surface area contributed by atoms with Gasteiger partial charge in [0.15, 0.2) is 0 Å². The molecule has 0 unspecified atom stereocenters. The Balaban J connectivity index is 1.58. The molecule has 0 radical (unpaired) electrons. The second-order valence-corrected chi connectivity index (χ2v) is 6.45. The van der Waals surface area contributed by atoms with Gasteiger partial charge in [-0.05, 0) is 30.9 Å². The van der Waals surface area contributed by atoms with Crippen molar-refractivity contribution in [3.63, 3.8) is 0 Å². The molecular formula is C19H24N2O3. The molecule has 1 amide bonds. The van der Waals surface area contributed by atoms with Crippen LogP contribution < -0.4 is 5.32 Å². The van der Waals surface area contributed by atoms with E-state index in [-0.39, 0.29) is 23.8 Å². The standard InChI is InChI=1S/C19H24N2O3/c1-24-19(23)15-7-3-5-9-17(15)21-18(22)11-10-13-12-20-16-8-4-2-6-14(13)16/h2,4,6,8,12,15,17,20H,3,5,7,9-11H2,1H3,(H,21,22)/t15-,17+/m0/s1. The number of hydrogen-bond acceptors (Lipinski definition) is 3. The van der Waals surface area contributed by atoms with Gasteiger partial charge in [-0.1, -0.05) is 31.0 Å². The third-order valence-electron chi connectivity index (χ3n) is 4.91. The summed E-state index contributed by atoms with van der Waals surface area (Å²) in [6, 6.07) is 7.99. The summed E-state index contributed by atoms with van der Waals surface area (Å²) in [7, 11) is 1.41. The molecule has 24 heavy (non-hydrogen) atoms. The van der Waals surface area contributed by atoms with Crippen molar-refractivity contribution in [2.75, 3.05) is 7.11 Å². The zero-order valence-corrected chi connectivity index (χ0v) is 14.0. The number of esters is 1. The fourth-order valence-corrected chi connectivity index (χ4v) is 3.60. The molecule has 1 aliphatic carbocycles. The number of para-hydroxylation sites is 1. The summed E-state index contributed by atoms with van der Waals surface area (Å²) in [4.78, 5) is 27.4. The van der Waals surface area contributed by atoms with Gasteiger partial charge in [0.05, 0.1) is 13.0 Å². The van der Waals surface area contributed by atoms with Crippen molar-refractivity contribution < 1.29 is 14.3 Å². The Hall–Kier alpha value is -2.30. The maximum atomic E-state index is 12.3. The van der Waals surface area contributed by atoms with Crippen LogP contribution in [0.4, 0.5) is 0 Å². The fraction of sp³-hybridized carbons (Fsp3) is 0.474. The molecule has 5 nitrogen and oxygen atoms in total. The van der Waals surface area contributed by atoms with Crippen LogP contribution in [-0.4, -0.2) is 30.0 Å². The van der Waals surface area contributed by atoms with E-state index in [1.54, 1.807) is 0 Å². The van der Waals surface area contributed by atoms with Crippen molar-refractivity contribution in [2.24, 2.45) is 5.92 Å². The van der Waals surface area contributed by atoms with Crippen LogP contribution in [0.1, 0.15) is 37.7 Å². The van der Waals surface area contributed by atoms with Crippen LogP contribution in [0.15, 0.2) is 30.5 Å². The maximum Gasteiger partial charge on any atom is 0.310 e. The predicted molar refractivity (Wildman–Crippen MR) is 92.5 cm³/mol. The summed E-state index contributed by atoms with van der Waals surface area (Å²) in [6.45, 7) is 0. The summed E-state index contributed by atoms with van der Waals surface area (Å²) in [5.41, 5.74) is 2.24. The molecule has 0 aliphatic heterocycles. The zero-order valence-electron chi connectivity index (χ0n) is 14.0. The molecule has 1 fully saturated rings. The van der Waals surface area contributed by atoms with Crippen molar-refractivity contribution in [2.45, 2.75) is 44.6 Å². The molecule has 1 aromatic heterocycles. The normalized spacial score (nSPS) is 20.7. The third-order valence-corrected chi connectivity index (χ3v) is 4.91. The summed E-state index contributed by atoms with van der Waals surface area (Å²) >= 11 is 0. The highest BCUT2D eigenvalue weighted by Crippen LogP contribution is 2.26. The van der Waals surface area contributed by atoms with Crippen molar-refractivity contribution in [3.05, 3.63) is 36.0 Å². The van der Waals surface area contributed by atoms with E-state index >= 15 is 0 Å². The van der Waals surface area contributed by atoms with Crippen LogP contribution in [0.5, 0.6) is 0 Å². The van der Waals surface area contributed by atoms with E-state index in [1.807, 2.05) is 24.4 Å². The number of methoxy groups -OCH3 is 1. The highest BCUT2D eigenvalue weighted by Gasteiger charge is 2.32. The molecule has 2 N–H and O–H groups in total. The van der Waals surface area contributed by atoms with Crippen molar-refractivity contribution in [1.82, 2.24) is 10.3 Å². The molecule has 1 aromatic carbocycles. The Kier molecular flexibility index (Phi) is 5.18. The number of fused-ring (bicyclic) bond motifs is 1. The number of rotatable bonds is 5. The first-order valence-corrected chi connectivity index (χ1v) is 8.61.